The molecule has 1 fully saturated rings. The number of carbonyl (C=O) groups is 3. The van der Waals surface area contributed by atoms with Crippen LogP contribution in [0.15, 0.2) is 54.1 Å². The first-order chi connectivity index (χ1) is 13.9. The molecule has 2 aliphatic rings. The third-order valence-electron chi connectivity index (χ3n) is 6.04. The van der Waals surface area contributed by atoms with Crippen LogP contribution in [0.2, 0.25) is 0 Å². The monoisotopic (exact) mass is 388 g/mol. The average Bonchev–Trinajstić information content (AvgIpc) is 2.95. The fourth-order valence-electron chi connectivity index (χ4n) is 4.16. The molecule has 3 amide bonds. The van der Waals surface area contributed by atoms with Crippen LogP contribution < -0.4 is 10.2 Å². The number of amides is 3. The van der Waals surface area contributed by atoms with Gasteiger partial charge in [-0.25, -0.2) is 0 Å². The third kappa shape index (κ3) is 3.37. The van der Waals surface area contributed by atoms with Crippen molar-refractivity contribution in [1.29, 1.82) is 0 Å². The molecule has 2 aromatic carbocycles. The van der Waals surface area contributed by atoms with E-state index in [0.717, 1.165) is 22.4 Å². The number of nitrogens with one attached hydrogen (secondary N) is 1. The number of fused-ring (bicyclic) bond motifs is 1. The Kier molecular flexibility index (Phi) is 4.82. The molecule has 1 heterocycles. The van der Waals surface area contributed by atoms with Gasteiger partial charge in [0, 0.05) is 11.3 Å². The summed E-state index contributed by atoms with van der Waals surface area (Å²) in [5.41, 5.74) is 4.87. The van der Waals surface area contributed by atoms with E-state index in [9.17, 15) is 14.4 Å². The highest BCUT2D eigenvalue weighted by molar-refractivity contribution is 6.22. The van der Waals surface area contributed by atoms with Crippen molar-refractivity contribution in [3.05, 3.63) is 70.8 Å². The molecule has 1 saturated heterocycles. The van der Waals surface area contributed by atoms with Crippen LogP contribution in [0.5, 0.6) is 0 Å². The summed E-state index contributed by atoms with van der Waals surface area (Å²) in [5.74, 6) is -1.19. The van der Waals surface area contributed by atoms with Crippen LogP contribution in [0, 0.1) is 25.7 Å². The van der Waals surface area contributed by atoms with Gasteiger partial charge in [0.1, 0.15) is 0 Å². The first-order valence-corrected chi connectivity index (χ1v) is 9.88. The second-order valence-corrected chi connectivity index (χ2v) is 7.97. The molecular formula is C24H24N2O3. The van der Waals surface area contributed by atoms with Crippen molar-refractivity contribution in [2.75, 3.05) is 10.2 Å². The molecule has 29 heavy (non-hydrogen) atoms. The van der Waals surface area contributed by atoms with E-state index >= 15 is 0 Å². The van der Waals surface area contributed by atoms with Gasteiger partial charge in [-0.15, -0.1) is 0 Å². The molecule has 0 aromatic heterocycles. The topological polar surface area (TPSA) is 66.5 Å². The van der Waals surface area contributed by atoms with Crippen LogP contribution in [0.3, 0.4) is 0 Å². The molecule has 1 N–H and O–H groups in total. The van der Waals surface area contributed by atoms with E-state index in [0.29, 0.717) is 24.1 Å². The minimum absolute atomic E-state index is 0.167. The summed E-state index contributed by atoms with van der Waals surface area (Å²) in [5, 5.41) is 2.93. The van der Waals surface area contributed by atoms with Gasteiger partial charge in [0.15, 0.2) is 0 Å². The Morgan fingerprint density at radius 3 is 2.52 bits per heavy atom. The fraction of sp³-hybridized carbons (Fsp3) is 0.292. The molecule has 148 valence electrons. The number of aryl methyl sites for hydroxylation is 1. The van der Waals surface area contributed by atoms with Crippen molar-refractivity contribution in [3.8, 4) is 0 Å². The van der Waals surface area contributed by atoms with Crippen LogP contribution in [0.4, 0.5) is 11.4 Å². The number of anilines is 2. The number of carbonyl (C=O) groups excluding carboxylic acids is 3. The lowest BCUT2D eigenvalue weighted by Crippen LogP contribution is -2.31. The average molecular weight is 388 g/mol. The summed E-state index contributed by atoms with van der Waals surface area (Å²) >= 11 is 0. The predicted molar refractivity (Wildman–Crippen MR) is 113 cm³/mol. The fourth-order valence-corrected chi connectivity index (χ4v) is 4.16. The molecule has 1 aliphatic carbocycles. The first kappa shape index (κ1) is 19.1. The van der Waals surface area contributed by atoms with Crippen molar-refractivity contribution < 1.29 is 14.4 Å². The van der Waals surface area contributed by atoms with Gasteiger partial charge in [-0.2, -0.15) is 0 Å². The lowest BCUT2D eigenvalue weighted by Gasteiger charge is -2.18. The van der Waals surface area contributed by atoms with Gasteiger partial charge in [0.05, 0.1) is 17.5 Å². The largest absolute Gasteiger partial charge is 0.322 e. The number of hydrogen-bond acceptors (Lipinski definition) is 3. The van der Waals surface area contributed by atoms with Crippen molar-refractivity contribution in [3.63, 3.8) is 0 Å². The van der Waals surface area contributed by atoms with Crippen LogP contribution in [-0.4, -0.2) is 17.7 Å². The van der Waals surface area contributed by atoms with Crippen molar-refractivity contribution in [2.24, 2.45) is 11.8 Å². The molecule has 0 radical (unpaired) electrons. The molecule has 0 spiro atoms. The molecule has 5 nitrogen and oxygen atoms in total. The molecule has 5 heteroatoms. The number of allylic oxidation sites excluding steroid dienone is 2. The van der Waals surface area contributed by atoms with Crippen LogP contribution in [0.1, 0.15) is 41.3 Å². The van der Waals surface area contributed by atoms with Gasteiger partial charge in [-0.3, -0.25) is 19.3 Å². The number of imide groups is 1. The van der Waals surface area contributed by atoms with E-state index in [1.165, 1.54) is 4.90 Å². The Morgan fingerprint density at radius 2 is 1.72 bits per heavy atom. The third-order valence-corrected chi connectivity index (χ3v) is 6.04. The van der Waals surface area contributed by atoms with E-state index in [4.69, 9.17) is 0 Å². The van der Waals surface area contributed by atoms with Gasteiger partial charge in [-0.05, 0) is 69.0 Å². The van der Waals surface area contributed by atoms with E-state index in [2.05, 4.69) is 5.32 Å². The highest BCUT2D eigenvalue weighted by Gasteiger charge is 2.48. The van der Waals surface area contributed by atoms with Crippen molar-refractivity contribution >= 4 is 29.1 Å². The maximum absolute atomic E-state index is 12.9. The molecule has 1 aliphatic heterocycles. The molecular weight excluding hydrogens is 364 g/mol. The minimum Gasteiger partial charge on any atom is -0.322 e. The lowest BCUT2D eigenvalue weighted by atomic mass is 9.82. The summed E-state index contributed by atoms with van der Waals surface area (Å²) in [6.07, 6.45) is 3.27. The molecule has 4 rings (SSSR count). The Morgan fingerprint density at radius 1 is 1.00 bits per heavy atom. The van der Waals surface area contributed by atoms with Gasteiger partial charge in [0.2, 0.25) is 11.8 Å². The Balaban J connectivity index is 1.59. The first-order valence-electron chi connectivity index (χ1n) is 9.88. The summed E-state index contributed by atoms with van der Waals surface area (Å²) in [6.45, 7) is 5.95. The Hall–Kier alpha value is -3.21. The quantitative estimate of drug-likeness (QED) is 0.626. The maximum Gasteiger partial charge on any atom is 0.255 e. The van der Waals surface area contributed by atoms with Gasteiger partial charge in [0.25, 0.3) is 5.91 Å². The smallest absolute Gasteiger partial charge is 0.255 e. The molecule has 0 unspecified atom stereocenters. The molecule has 0 saturated carbocycles. The normalized spacial score (nSPS) is 21.1. The zero-order valence-corrected chi connectivity index (χ0v) is 16.9. The summed E-state index contributed by atoms with van der Waals surface area (Å²) in [7, 11) is 0. The van der Waals surface area contributed by atoms with E-state index in [-0.39, 0.29) is 29.6 Å². The van der Waals surface area contributed by atoms with Crippen molar-refractivity contribution in [2.45, 2.75) is 33.6 Å². The maximum atomic E-state index is 12.9. The van der Waals surface area contributed by atoms with E-state index in [1.54, 1.807) is 24.3 Å². The minimum atomic E-state index is -0.293. The predicted octanol–water partition coefficient (Wildman–Crippen LogP) is 4.40. The van der Waals surface area contributed by atoms with Gasteiger partial charge in [-0.1, -0.05) is 29.8 Å². The Labute approximate surface area is 170 Å². The second-order valence-electron chi connectivity index (χ2n) is 7.97. The summed E-state index contributed by atoms with van der Waals surface area (Å²) in [4.78, 5) is 39.9. The number of rotatable bonds is 3. The van der Waals surface area contributed by atoms with E-state index < -0.39 is 0 Å². The Bertz CT molecular complexity index is 1050. The highest BCUT2D eigenvalue weighted by Crippen LogP contribution is 2.39. The van der Waals surface area contributed by atoms with Crippen LogP contribution in [0.25, 0.3) is 0 Å². The lowest BCUT2D eigenvalue weighted by molar-refractivity contribution is -0.122. The zero-order valence-electron chi connectivity index (χ0n) is 16.9. The standard InChI is InChI=1S/C24H24N2O3/c1-14-10-11-19-20(12-14)24(29)26(23(19)28)18-8-5-7-17(13-18)22(27)25-21-9-4-6-15(2)16(21)3/h4-10,13,19-20H,11-12H2,1-3H3,(H,25,27)/t19-,20-/m1/s1. The van der Waals surface area contributed by atoms with Gasteiger partial charge < -0.3 is 5.32 Å². The highest BCUT2D eigenvalue weighted by atomic mass is 16.2. The number of benzene rings is 2. The number of hydrogen-bond donors (Lipinski definition) is 1. The zero-order chi connectivity index (χ0) is 20.7. The van der Waals surface area contributed by atoms with E-state index in [1.807, 2.05) is 45.0 Å². The summed E-state index contributed by atoms with van der Waals surface area (Å²) in [6, 6.07) is 12.5. The summed E-state index contributed by atoms with van der Waals surface area (Å²) < 4.78 is 0. The van der Waals surface area contributed by atoms with Gasteiger partial charge >= 0.3 is 0 Å². The van der Waals surface area contributed by atoms with Crippen LogP contribution >= 0.6 is 0 Å². The number of nitrogens with zero attached hydrogens (tertiary/aromatic N) is 1. The van der Waals surface area contributed by atoms with Crippen LogP contribution in [-0.2, 0) is 9.59 Å². The molecule has 2 aromatic rings. The SMILES string of the molecule is CC1=CC[C@H]2C(=O)N(c3cccc(C(=O)Nc4cccc(C)c4C)c3)C(=O)[C@@H]2C1. The molecule has 0 bridgehead atoms. The van der Waals surface area contributed by atoms with Crippen molar-refractivity contribution in [1.82, 2.24) is 0 Å². The second kappa shape index (κ2) is 7.32. The molecule has 2 atom stereocenters.